The number of fused-ring (bicyclic) bond motifs is 9. The van der Waals surface area contributed by atoms with Crippen LogP contribution in [0.1, 0.15) is 35.2 Å². The number of nitrogens with one attached hydrogen (secondary N) is 2. The highest BCUT2D eigenvalue weighted by Crippen LogP contribution is 2.41. The Bertz CT molecular complexity index is 2980. The molecule has 11 rings (SSSR count). The van der Waals surface area contributed by atoms with Crippen LogP contribution in [0.5, 0.6) is 0 Å². The number of furan rings is 2. The second-order valence-electron chi connectivity index (χ2n) is 13.9. The van der Waals surface area contributed by atoms with Gasteiger partial charge < -0.3 is 8.83 Å². The predicted molar refractivity (Wildman–Crippen MR) is 214 cm³/mol. The average Bonchev–Trinajstić information content (AvgIpc) is 3.88. The Morgan fingerprint density at radius 3 is 2.10 bits per heavy atom. The standard InChI is InChI=1S/C46H33N3O2S/c1-49-45(27-10-3-2-4-11-27)47-44(29-20-23-42-37(25-29)34-13-6-8-17-41(34)52-42)48-46(49)30-18-21-33-36-24-28(19-22-39(36)50-40(33)26-30)31-14-9-15-35-32-12-5-7-16-38(32)51-43(31)35/h2-26,44-48H,1H3. The molecule has 0 saturated carbocycles. The number of hydrogen-bond donors (Lipinski definition) is 2. The molecule has 0 bridgehead atoms. The van der Waals surface area contributed by atoms with Gasteiger partial charge in [0.15, 0.2) is 0 Å². The van der Waals surface area contributed by atoms with Gasteiger partial charge in [0.05, 0.1) is 18.5 Å². The van der Waals surface area contributed by atoms with E-state index in [0.717, 1.165) is 60.6 Å². The molecule has 10 aromatic rings. The number of hydrogen-bond acceptors (Lipinski definition) is 6. The van der Waals surface area contributed by atoms with Crippen molar-refractivity contribution >= 4 is 75.4 Å². The first-order chi connectivity index (χ1) is 25.7. The Morgan fingerprint density at radius 1 is 0.481 bits per heavy atom. The maximum Gasteiger partial charge on any atom is 0.143 e. The molecule has 3 unspecified atom stereocenters. The highest BCUT2D eigenvalue weighted by Gasteiger charge is 2.35. The summed E-state index contributed by atoms with van der Waals surface area (Å²) in [6, 6.07) is 54.1. The smallest absolute Gasteiger partial charge is 0.143 e. The van der Waals surface area contributed by atoms with Gasteiger partial charge in [0.25, 0.3) is 0 Å². The fourth-order valence-electron chi connectivity index (χ4n) is 8.27. The molecule has 0 spiro atoms. The monoisotopic (exact) mass is 691 g/mol. The molecule has 52 heavy (non-hydrogen) atoms. The maximum absolute atomic E-state index is 6.56. The minimum Gasteiger partial charge on any atom is -0.456 e. The van der Waals surface area contributed by atoms with Crippen LogP contribution in [-0.4, -0.2) is 11.9 Å². The van der Waals surface area contributed by atoms with E-state index in [9.17, 15) is 0 Å². The highest BCUT2D eigenvalue weighted by atomic mass is 32.1. The van der Waals surface area contributed by atoms with Crippen molar-refractivity contribution in [1.82, 2.24) is 15.5 Å². The number of para-hydroxylation sites is 2. The van der Waals surface area contributed by atoms with Crippen molar-refractivity contribution in [2.75, 3.05) is 7.05 Å². The molecule has 3 atom stereocenters. The SMILES string of the molecule is CN1C(c2ccccc2)NC(c2ccc3sc4ccccc4c3c2)NC1c1ccc2c(c1)oc1ccc(-c3cccc4c3oc3ccccc34)cc12. The lowest BCUT2D eigenvalue weighted by Crippen LogP contribution is -2.54. The van der Waals surface area contributed by atoms with Gasteiger partial charge in [-0.25, -0.2) is 0 Å². The van der Waals surface area contributed by atoms with Gasteiger partial charge in [-0.2, -0.15) is 0 Å². The van der Waals surface area contributed by atoms with Crippen LogP contribution in [0.4, 0.5) is 0 Å². The molecule has 0 radical (unpaired) electrons. The zero-order valence-corrected chi connectivity index (χ0v) is 29.2. The van der Waals surface area contributed by atoms with Crippen molar-refractivity contribution in [3.63, 3.8) is 0 Å². The third kappa shape index (κ3) is 4.66. The molecule has 1 aliphatic heterocycles. The minimum absolute atomic E-state index is 0.0118. The number of thiophene rings is 1. The minimum atomic E-state index is -0.0793. The Kier molecular flexibility index (Phi) is 6.69. The van der Waals surface area contributed by atoms with E-state index in [1.54, 1.807) is 0 Å². The molecule has 2 N–H and O–H groups in total. The summed E-state index contributed by atoms with van der Waals surface area (Å²) in [4.78, 5) is 2.38. The molecule has 4 heterocycles. The predicted octanol–water partition coefficient (Wildman–Crippen LogP) is 12.0. The second kappa shape index (κ2) is 11.6. The van der Waals surface area contributed by atoms with Crippen molar-refractivity contribution in [3.05, 3.63) is 168 Å². The molecule has 6 heteroatoms. The Labute approximate surface area is 303 Å². The van der Waals surface area contributed by atoms with Gasteiger partial charge in [-0.1, -0.05) is 109 Å². The van der Waals surface area contributed by atoms with E-state index in [0.29, 0.717) is 0 Å². The van der Waals surface area contributed by atoms with Gasteiger partial charge in [0, 0.05) is 47.3 Å². The van der Waals surface area contributed by atoms with Gasteiger partial charge in [0.1, 0.15) is 22.3 Å². The van der Waals surface area contributed by atoms with Gasteiger partial charge in [-0.3, -0.25) is 15.5 Å². The summed E-state index contributed by atoms with van der Waals surface area (Å²) in [5.74, 6) is 0. The van der Waals surface area contributed by atoms with Crippen molar-refractivity contribution in [1.29, 1.82) is 0 Å². The van der Waals surface area contributed by atoms with E-state index in [-0.39, 0.29) is 18.5 Å². The topological polar surface area (TPSA) is 53.6 Å². The van der Waals surface area contributed by atoms with Crippen LogP contribution in [0.15, 0.2) is 160 Å². The van der Waals surface area contributed by atoms with E-state index >= 15 is 0 Å². The highest BCUT2D eigenvalue weighted by molar-refractivity contribution is 7.25. The van der Waals surface area contributed by atoms with E-state index in [4.69, 9.17) is 8.83 Å². The van der Waals surface area contributed by atoms with E-state index in [1.807, 2.05) is 23.5 Å². The molecule has 0 aliphatic carbocycles. The summed E-state index contributed by atoms with van der Waals surface area (Å²) in [5.41, 5.74) is 9.33. The number of nitrogens with zero attached hydrogens (tertiary/aromatic N) is 1. The molecule has 3 aromatic heterocycles. The summed E-state index contributed by atoms with van der Waals surface area (Å²) < 4.78 is 15.6. The third-order valence-electron chi connectivity index (χ3n) is 10.8. The van der Waals surface area contributed by atoms with Crippen LogP contribution in [-0.2, 0) is 0 Å². The third-order valence-corrected chi connectivity index (χ3v) is 12.0. The molecule has 1 aliphatic rings. The van der Waals surface area contributed by atoms with E-state index in [1.165, 1.54) is 31.3 Å². The zero-order valence-electron chi connectivity index (χ0n) is 28.3. The quantitative estimate of drug-likeness (QED) is 0.192. The molecule has 0 amide bonds. The van der Waals surface area contributed by atoms with Crippen molar-refractivity contribution in [3.8, 4) is 11.1 Å². The van der Waals surface area contributed by atoms with Crippen molar-refractivity contribution < 1.29 is 8.83 Å². The summed E-state index contributed by atoms with van der Waals surface area (Å²) in [5, 5.41) is 15.0. The van der Waals surface area contributed by atoms with Crippen LogP contribution in [0.25, 0.3) is 75.2 Å². The lowest BCUT2D eigenvalue weighted by Gasteiger charge is -2.45. The lowest BCUT2D eigenvalue weighted by atomic mass is 9.99. The molecule has 1 fully saturated rings. The van der Waals surface area contributed by atoms with Gasteiger partial charge >= 0.3 is 0 Å². The fourth-order valence-corrected chi connectivity index (χ4v) is 9.35. The second-order valence-corrected chi connectivity index (χ2v) is 14.9. The Balaban J connectivity index is 0.993. The number of benzene rings is 7. The maximum atomic E-state index is 6.56. The summed E-state index contributed by atoms with van der Waals surface area (Å²) in [7, 11) is 2.18. The van der Waals surface area contributed by atoms with Crippen LogP contribution in [0.3, 0.4) is 0 Å². The first-order valence-corrected chi connectivity index (χ1v) is 18.5. The van der Waals surface area contributed by atoms with Crippen molar-refractivity contribution in [2.45, 2.75) is 18.5 Å². The largest absolute Gasteiger partial charge is 0.456 e. The van der Waals surface area contributed by atoms with Crippen LogP contribution in [0.2, 0.25) is 0 Å². The van der Waals surface area contributed by atoms with E-state index in [2.05, 4.69) is 162 Å². The van der Waals surface area contributed by atoms with Crippen LogP contribution < -0.4 is 10.6 Å². The summed E-state index contributed by atoms with van der Waals surface area (Å²) in [6.07, 6.45) is -0.170. The Morgan fingerprint density at radius 2 is 1.19 bits per heavy atom. The first kappa shape index (κ1) is 29.9. The fraction of sp³-hybridized carbons (Fsp3) is 0.0870. The van der Waals surface area contributed by atoms with Crippen LogP contribution >= 0.6 is 11.3 Å². The normalized spacial score (nSPS) is 18.4. The van der Waals surface area contributed by atoms with Gasteiger partial charge in [-0.15, -0.1) is 11.3 Å². The lowest BCUT2D eigenvalue weighted by molar-refractivity contribution is 0.0416. The molecular formula is C46H33N3O2S. The van der Waals surface area contributed by atoms with Gasteiger partial charge in [-0.05, 0) is 71.8 Å². The summed E-state index contributed by atoms with van der Waals surface area (Å²) in [6.45, 7) is 0. The molecular weight excluding hydrogens is 659 g/mol. The molecule has 1 saturated heterocycles. The van der Waals surface area contributed by atoms with Gasteiger partial charge in [0.2, 0.25) is 0 Å². The molecule has 5 nitrogen and oxygen atoms in total. The van der Waals surface area contributed by atoms with Crippen LogP contribution in [0, 0.1) is 0 Å². The average molecular weight is 692 g/mol. The molecule has 7 aromatic carbocycles. The van der Waals surface area contributed by atoms with Crippen molar-refractivity contribution in [2.24, 2.45) is 0 Å². The number of rotatable bonds is 4. The Hall–Kier alpha value is -5.76. The summed E-state index contributed by atoms with van der Waals surface area (Å²) >= 11 is 1.85. The molecule has 250 valence electrons. The first-order valence-electron chi connectivity index (χ1n) is 17.7. The zero-order chi connectivity index (χ0) is 34.3. The van der Waals surface area contributed by atoms with E-state index < -0.39 is 0 Å².